The Kier molecular flexibility index (Phi) is 4.56. The standard InChI is InChI=1S/C23H18N4O3S/c1-30-20-5-3-2-4-14(20)12-27-19-9-7-15(24)11-16(19)21(22(27)23(28)29)13-6-8-17-18(10-13)26-31-25-17/h2-11H,12,24H2,1H3,(H,28,29). The molecule has 154 valence electrons. The summed E-state index contributed by atoms with van der Waals surface area (Å²) in [7, 11) is 1.61. The zero-order valence-electron chi connectivity index (χ0n) is 16.6. The quantitative estimate of drug-likeness (QED) is 0.394. The zero-order valence-corrected chi connectivity index (χ0v) is 17.4. The number of carboxylic acids is 1. The molecule has 0 saturated carbocycles. The van der Waals surface area contributed by atoms with E-state index < -0.39 is 5.97 Å². The Morgan fingerprint density at radius 2 is 1.90 bits per heavy atom. The number of rotatable bonds is 5. The number of anilines is 1. The number of aromatic nitrogens is 3. The highest BCUT2D eigenvalue weighted by Crippen LogP contribution is 2.38. The molecule has 0 unspecified atom stereocenters. The van der Waals surface area contributed by atoms with Gasteiger partial charge in [0.2, 0.25) is 0 Å². The van der Waals surface area contributed by atoms with Crippen LogP contribution in [0.25, 0.3) is 33.1 Å². The molecule has 7 nitrogen and oxygen atoms in total. The molecule has 3 N–H and O–H groups in total. The predicted octanol–water partition coefficient (Wildman–Crippen LogP) is 4.65. The van der Waals surface area contributed by atoms with Gasteiger partial charge >= 0.3 is 5.97 Å². The van der Waals surface area contributed by atoms with Crippen LogP contribution in [0.4, 0.5) is 5.69 Å². The summed E-state index contributed by atoms with van der Waals surface area (Å²) in [6.07, 6.45) is 0. The zero-order chi connectivity index (χ0) is 21.5. The molecule has 0 fully saturated rings. The van der Waals surface area contributed by atoms with Crippen molar-refractivity contribution in [3.8, 4) is 16.9 Å². The van der Waals surface area contributed by atoms with Crippen LogP contribution < -0.4 is 10.5 Å². The maximum absolute atomic E-state index is 12.5. The number of hydrogen-bond donors (Lipinski definition) is 2. The summed E-state index contributed by atoms with van der Waals surface area (Å²) in [4.78, 5) is 12.5. The Bertz CT molecular complexity index is 1450. The van der Waals surface area contributed by atoms with E-state index >= 15 is 0 Å². The fourth-order valence-electron chi connectivity index (χ4n) is 3.99. The van der Waals surface area contributed by atoms with Gasteiger partial charge in [-0.25, -0.2) is 4.79 Å². The van der Waals surface area contributed by atoms with Gasteiger partial charge in [-0.3, -0.25) is 0 Å². The number of benzene rings is 3. The molecule has 0 aliphatic heterocycles. The summed E-state index contributed by atoms with van der Waals surface area (Å²) in [6, 6.07) is 18.7. The summed E-state index contributed by atoms with van der Waals surface area (Å²) in [5, 5.41) is 11.0. The van der Waals surface area contributed by atoms with Crippen LogP contribution in [0.15, 0.2) is 60.7 Å². The molecular weight excluding hydrogens is 412 g/mol. The average Bonchev–Trinajstić information content (AvgIpc) is 3.36. The van der Waals surface area contributed by atoms with Gasteiger partial charge in [-0.05, 0) is 42.0 Å². The lowest BCUT2D eigenvalue weighted by Gasteiger charge is -2.12. The van der Waals surface area contributed by atoms with E-state index in [0.29, 0.717) is 23.5 Å². The van der Waals surface area contributed by atoms with E-state index in [0.717, 1.165) is 44.8 Å². The first-order chi connectivity index (χ1) is 15.1. The molecule has 0 bridgehead atoms. The van der Waals surface area contributed by atoms with E-state index in [9.17, 15) is 9.90 Å². The number of ether oxygens (including phenoxy) is 1. The van der Waals surface area contributed by atoms with E-state index in [4.69, 9.17) is 10.5 Å². The van der Waals surface area contributed by atoms with Gasteiger partial charge < -0.3 is 20.1 Å². The van der Waals surface area contributed by atoms with Gasteiger partial charge in [-0.15, -0.1) is 0 Å². The van der Waals surface area contributed by atoms with Crippen molar-refractivity contribution >= 4 is 45.3 Å². The highest BCUT2D eigenvalue weighted by molar-refractivity contribution is 7.00. The minimum Gasteiger partial charge on any atom is -0.496 e. The van der Waals surface area contributed by atoms with Crippen LogP contribution in [0, 0.1) is 0 Å². The molecule has 0 atom stereocenters. The normalized spacial score (nSPS) is 11.3. The molecule has 3 aromatic carbocycles. The van der Waals surface area contributed by atoms with Crippen molar-refractivity contribution in [3.63, 3.8) is 0 Å². The number of carbonyl (C=O) groups is 1. The van der Waals surface area contributed by atoms with Gasteiger partial charge in [-0.2, -0.15) is 8.75 Å². The molecule has 5 aromatic rings. The number of fused-ring (bicyclic) bond motifs is 2. The summed E-state index contributed by atoms with van der Waals surface area (Å²) >= 11 is 1.13. The van der Waals surface area contributed by atoms with Crippen molar-refractivity contribution in [2.45, 2.75) is 6.54 Å². The SMILES string of the molecule is COc1ccccc1Cn1c(C(=O)O)c(-c2ccc3nsnc3c2)c2cc(N)ccc21. The average molecular weight is 430 g/mol. The third kappa shape index (κ3) is 3.17. The lowest BCUT2D eigenvalue weighted by Crippen LogP contribution is -2.11. The Balaban J connectivity index is 1.81. The van der Waals surface area contributed by atoms with E-state index in [-0.39, 0.29) is 5.69 Å². The number of nitrogens with two attached hydrogens (primary N) is 1. The third-order valence-corrected chi connectivity index (χ3v) is 5.91. The minimum atomic E-state index is -1.02. The van der Waals surface area contributed by atoms with Crippen molar-refractivity contribution in [3.05, 3.63) is 71.9 Å². The summed E-state index contributed by atoms with van der Waals surface area (Å²) in [6.45, 7) is 0.340. The van der Waals surface area contributed by atoms with E-state index in [2.05, 4.69) is 8.75 Å². The molecule has 0 radical (unpaired) electrons. The fourth-order valence-corrected chi connectivity index (χ4v) is 4.51. The van der Waals surface area contributed by atoms with E-state index in [1.807, 2.05) is 54.6 Å². The van der Waals surface area contributed by atoms with E-state index in [1.165, 1.54) is 0 Å². The summed E-state index contributed by atoms with van der Waals surface area (Å²) < 4.78 is 15.8. The second-order valence-electron chi connectivity index (χ2n) is 7.17. The topological polar surface area (TPSA) is 103 Å². The molecule has 5 rings (SSSR count). The maximum Gasteiger partial charge on any atom is 0.353 e. The van der Waals surface area contributed by atoms with Crippen LogP contribution in [0.1, 0.15) is 16.1 Å². The van der Waals surface area contributed by atoms with Gasteiger partial charge in [0.05, 0.1) is 25.4 Å². The van der Waals surface area contributed by atoms with Crippen molar-refractivity contribution in [2.24, 2.45) is 0 Å². The highest BCUT2D eigenvalue weighted by atomic mass is 32.1. The van der Waals surface area contributed by atoms with Crippen LogP contribution in [0.5, 0.6) is 5.75 Å². The lowest BCUT2D eigenvalue weighted by molar-refractivity contribution is 0.0687. The first kappa shape index (κ1) is 19.1. The number of nitrogens with zero attached hydrogens (tertiary/aromatic N) is 3. The third-order valence-electron chi connectivity index (χ3n) is 5.35. The van der Waals surface area contributed by atoms with Crippen LogP contribution >= 0.6 is 11.7 Å². The van der Waals surface area contributed by atoms with Crippen LogP contribution in [0.3, 0.4) is 0 Å². The highest BCUT2D eigenvalue weighted by Gasteiger charge is 2.25. The summed E-state index contributed by atoms with van der Waals surface area (Å²) in [5.41, 5.74) is 11.4. The van der Waals surface area contributed by atoms with Gasteiger partial charge in [0, 0.05) is 27.7 Å². The van der Waals surface area contributed by atoms with Crippen LogP contribution in [-0.2, 0) is 6.54 Å². The molecule has 2 aromatic heterocycles. The first-order valence-electron chi connectivity index (χ1n) is 9.56. The van der Waals surface area contributed by atoms with Crippen molar-refractivity contribution in [1.82, 2.24) is 13.3 Å². The predicted molar refractivity (Wildman–Crippen MR) is 122 cm³/mol. The molecule has 0 spiro atoms. The molecular formula is C23H18N4O3S. The molecule has 8 heteroatoms. The smallest absolute Gasteiger partial charge is 0.353 e. The van der Waals surface area contributed by atoms with Crippen molar-refractivity contribution in [2.75, 3.05) is 12.8 Å². The number of nitrogen functional groups attached to an aromatic ring is 1. The fraction of sp³-hybridized carbons (Fsp3) is 0.0870. The van der Waals surface area contributed by atoms with Crippen LogP contribution in [0.2, 0.25) is 0 Å². The van der Waals surface area contributed by atoms with Crippen LogP contribution in [-0.4, -0.2) is 31.5 Å². The number of carboxylic acid groups (broad SMARTS) is 1. The molecule has 0 aliphatic rings. The summed E-state index contributed by atoms with van der Waals surface area (Å²) in [5.74, 6) is -0.316. The number of para-hydroxylation sites is 1. The molecule has 0 saturated heterocycles. The lowest BCUT2D eigenvalue weighted by atomic mass is 10.0. The van der Waals surface area contributed by atoms with Crippen molar-refractivity contribution < 1.29 is 14.6 Å². The molecule has 0 amide bonds. The second kappa shape index (κ2) is 7.41. The molecule has 0 aliphatic carbocycles. The largest absolute Gasteiger partial charge is 0.496 e. The second-order valence-corrected chi connectivity index (χ2v) is 7.70. The molecule has 2 heterocycles. The van der Waals surface area contributed by atoms with E-state index in [1.54, 1.807) is 17.7 Å². The Labute approximate surface area is 181 Å². The Morgan fingerprint density at radius 3 is 2.71 bits per heavy atom. The Morgan fingerprint density at radius 1 is 1.10 bits per heavy atom. The minimum absolute atomic E-state index is 0.189. The number of hydrogen-bond acceptors (Lipinski definition) is 6. The van der Waals surface area contributed by atoms with Gasteiger partial charge in [0.1, 0.15) is 22.5 Å². The van der Waals surface area contributed by atoms with Gasteiger partial charge in [-0.1, -0.05) is 24.3 Å². The van der Waals surface area contributed by atoms with Crippen molar-refractivity contribution in [1.29, 1.82) is 0 Å². The maximum atomic E-state index is 12.5. The Hall–Kier alpha value is -3.91. The van der Waals surface area contributed by atoms with Gasteiger partial charge in [0.15, 0.2) is 0 Å². The number of methoxy groups -OCH3 is 1. The number of aromatic carboxylic acids is 1. The first-order valence-corrected chi connectivity index (χ1v) is 10.3. The monoisotopic (exact) mass is 430 g/mol. The molecule has 31 heavy (non-hydrogen) atoms. The van der Waals surface area contributed by atoms with Gasteiger partial charge in [0.25, 0.3) is 0 Å².